The van der Waals surface area contributed by atoms with Crippen molar-refractivity contribution in [2.75, 3.05) is 25.1 Å². The van der Waals surface area contributed by atoms with Gasteiger partial charge < -0.3 is 37.1 Å². The van der Waals surface area contributed by atoms with Crippen LogP contribution in [0, 0.1) is 0 Å². The Bertz CT molecular complexity index is 1140. The molecule has 0 saturated carbocycles. The lowest BCUT2D eigenvalue weighted by molar-refractivity contribution is -0.143. The number of hydrogen-bond acceptors (Lipinski definition) is 7. The second-order valence-corrected chi connectivity index (χ2v) is 10.9. The molecule has 3 amide bonds. The van der Waals surface area contributed by atoms with E-state index in [1.54, 1.807) is 6.20 Å². The number of rotatable bonds is 15. The normalized spacial score (nSPS) is 17.5. The number of carboxylic acid groups (broad SMARTS) is 1. The van der Waals surface area contributed by atoms with Gasteiger partial charge >= 0.3 is 5.97 Å². The Hall–Kier alpha value is -3.09. The Labute approximate surface area is 232 Å². The molecule has 0 aliphatic carbocycles. The highest BCUT2D eigenvalue weighted by Crippen LogP contribution is 2.22. The van der Waals surface area contributed by atoms with Crippen molar-refractivity contribution in [2.45, 2.75) is 69.1 Å². The third-order valence-electron chi connectivity index (χ3n) is 7.08. The minimum atomic E-state index is -1.13. The maximum atomic E-state index is 13.5. The van der Waals surface area contributed by atoms with Crippen LogP contribution in [-0.2, 0) is 25.6 Å². The van der Waals surface area contributed by atoms with Crippen LogP contribution in [0.4, 0.5) is 0 Å². The van der Waals surface area contributed by atoms with Crippen LogP contribution in [0.15, 0.2) is 30.5 Å². The topological polar surface area (TPSA) is 184 Å². The Morgan fingerprint density at radius 3 is 2.64 bits per heavy atom. The second-order valence-electron chi connectivity index (χ2n) is 9.89. The monoisotopic (exact) mass is 560 g/mol. The molecule has 1 aliphatic rings. The Morgan fingerprint density at radius 1 is 1.15 bits per heavy atom. The zero-order valence-corrected chi connectivity index (χ0v) is 23.2. The number of nitrogens with two attached hydrogens (primary N) is 2. The number of thioether (sulfide) groups is 1. The molecule has 1 saturated heterocycles. The van der Waals surface area contributed by atoms with Gasteiger partial charge in [0.2, 0.25) is 17.7 Å². The number of nitrogens with one attached hydrogen (secondary N) is 3. The fourth-order valence-electron chi connectivity index (χ4n) is 4.91. The van der Waals surface area contributed by atoms with E-state index in [4.69, 9.17) is 11.5 Å². The number of aromatic amines is 1. The quantitative estimate of drug-likeness (QED) is 0.174. The number of hydrogen-bond donors (Lipinski definition) is 6. The Balaban J connectivity index is 1.78. The number of para-hydroxylation sites is 1. The SMILES string of the molecule is CSCCC(NC(=O)C(Cc1c[nH]c2ccccc12)NC(=O)C1CCCN1C(=O)C(N)CCCCN)C(=O)O. The van der Waals surface area contributed by atoms with Crippen molar-refractivity contribution in [3.05, 3.63) is 36.0 Å². The second kappa shape index (κ2) is 14.9. The number of unbranched alkanes of at least 4 members (excludes halogenated alkanes) is 1. The number of carbonyl (C=O) groups is 4. The minimum Gasteiger partial charge on any atom is -0.480 e. The molecular weight excluding hydrogens is 520 g/mol. The van der Waals surface area contributed by atoms with Gasteiger partial charge in [0, 0.05) is 30.1 Å². The molecule has 1 fully saturated rings. The molecule has 2 aromatic rings. The van der Waals surface area contributed by atoms with Crippen molar-refractivity contribution in [1.82, 2.24) is 20.5 Å². The molecule has 1 aromatic carbocycles. The summed E-state index contributed by atoms with van der Waals surface area (Å²) in [6.07, 6.45) is 7.13. The van der Waals surface area contributed by atoms with E-state index in [2.05, 4.69) is 15.6 Å². The molecule has 11 nitrogen and oxygen atoms in total. The number of aromatic nitrogens is 1. The lowest BCUT2D eigenvalue weighted by atomic mass is 10.0. The average Bonchev–Trinajstić information content (AvgIpc) is 3.57. The van der Waals surface area contributed by atoms with E-state index in [0.717, 1.165) is 29.3 Å². The van der Waals surface area contributed by atoms with E-state index < -0.39 is 42.0 Å². The number of likely N-dealkylation sites (tertiary alicyclic amines) is 1. The summed E-state index contributed by atoms with van der Waals surface area (Å²) in [6.45, 7) is 0.937. The molecule has 0 radical (unpaired) electrons. The molecule has 4 unspecified atom stereocenters. The smallest absolute Gasteiger partial charge is 0.326 e. The van der Waals surface area contributed by atoms with Gasteiger partial charge in [0.25, 0.3) is 0 Å². The molecule has 39 heavy (non-hydrogen) atoms. The Kier molecular flexibility index (Phi) is 11.6. The number of carbonyl (C=O) groups excluding carboxylic acids is 3. The summed E-state index contributed by atoms with van der Waals surface area (Å²) in [7, 11) is 0. The zero-order valence-electron chi connectivity index (χ0n) is 22.4. The molecule has 2 heterocycles. The number of H-pyrrole nitrogens is 1. The predicted octanol–water partition coefficient (Wildman–Crippen LogP) is 0.965. The first-order chi connectivity index (χ1) is 18.8. The van der Waals surface area contributed by atoms with Crippen molar-refractivity contribution in [2.24, 2.45) is 11.5 Å². The number of fused-ring (bicyclic) bond motifs is 1. The number of aliphatic carboxylic acids is 1. The molecule has 3 rings (SSSR count). The van der Waals surface area contributed by atoms with Gasteiger partial charge in [-0.25, -0.2) is 4.79 Å². The molecule has 4 atom stereocenters. The highest BCUT2D eigenvalue weighted by molar-refractivity contribution is 7.98. The molecule has 1 aromatic heterocycles. The number of nitrogens with zero attached hydrogens (tertiary/aromatic N) is 1. The minimum absolute atomic E-state index is 0.149. The van der Waals surface area contributed by atoms with Gasteiger partial charge in [-0.3, -0.25) is 14.4 Å². The van der Waals surface area contributed by atoms with Crippen LogP contribution >= 0.6 is 11.8 Å². The lowest BCUT2D eigenvalue weighted by Gasteiger charge is -2.28. The summed E-state index contributed by atoms with van der Waals surface area (Å²) < 4.78 is 0. The van der Waals surface area contributed by atoms with Gasteiger partial charge in [-0.2, -0.15) is 11.8 Å². The summed E-state index contributed by atoms with van der Waals surface area (Å²) in [5.74, 6) is -1.90. The summed E-state index contributed by atoms with van der Waals surface area (Å²) in [5.41, 5.74) is 13.4. The van der Waals surface area contributed by atoms with Crippen LogP contribution in [0.5, 0.6) is 0 Å². The van der Waals surface area contributed by atoms with E-state index in [9.17, 15) is 24.3 Å². The summed E-state index contributed by atoms with van der Waals surface area (Å²) in [6, 6.07) is 4.02. The summed E-state index contributed by atoms with van der Waals surface area (Å²) in [5, 5.41) is 16.0. The van der Waals surface area contributed by atoms with Crippen LogP contribution < -0.4 is 22.1 Å². The highest BCUT2D eigenvalue weighted by atomic mass is 32.2. The van der Waals surface area contributed by atoms with E-state index in [-0.39, 0.29) is 18.7 Å². The van der Waals surface area contributed by atoms with E-state index >= 15 is 0 Å². The first kappa shape index (κ1) is 30.5. The molecule has 0 bridgehead atoms. The number of benzene rings is 1. The summed E-state index contributed by atoms with van der Waals surface area (Å²) >= 11 is 1.48. The third-order valence-corrected chi connectivity index (χ3v) is 7.73. The molecule has 8 N–H and O–H groups in total. The maximum Gasteiger partial charge on any atom is 0.326 e. The van der Waals surface area contributed by atoms with E-state index in [1.165, 1.54) is 16.7 Å². The molecule has 12 heteroatoms. The molecule has 1 aliphatic heterocycles. The van der Waals surface area contributed by atoms with Crippen LogP contribution in [-0.4, -0.2) is 87.9 Å². The standard InChI is InChI=1S/C27H40N6O5S/c1-39-14-11-21(27(37)38)31-24(34)22(15-17-16-30-20-9-3-2-7-18(17)20)32-25(35)23-10-6-13-33(23)26(36)19(29)8-4-5-12-28/h2-3,7,9,16,19,21-23,30H,4-6,8,10-15,28-29H2,1H3,(H,31,34)(H,32,35)(H,37,38). The first-order valence-corrected chi connectivity index (χ1v) is 14.8. The van der Waals surface area contributed by atoms with Gasteiger partial charge in [0.1, 0.15) is 18.1 Å². The zero-order chi connectivity index (χ0) is 28.4. The van der Waals surface area contributed by atoms with Crippen molar-refractivity contribution < 1.29 is 24.3 Å². The van der Waals surface area contributed by atoms with Gasteiger partial charge in [-0.15, -0.1) is 0 Å². The molecule has 0 spiro atoms. The third kappa shape index (κ3) is 8.20. The van der Waals surface area contributed by atoms with Crippen molar-refractivity contribution in [3.8, 4) is 0 Å². The molecule has 214 valence electrons. The first-order valence-electron chi connectivity index (χ1n) is 13.4. The van der Waals surface area contributed by atoms with E-state index in [0.29, 0.717) is 38.1 Å². The van der Waals surface area contributed by atoms with Gasteiger partial charge in [-0.1, -0.05) is 24.6 Å². The van der Waals surface area contributed by atoms with Crippen LogP contribution in [0.25, 0.3) is 10.9 Å². The average molecular weight is 561 g/mol. The fourth-order valence-corrected chi connectivity index (χ4v) is 5.38. The van der Waals surface area contributed by atoms with Crippen LogP contribution in [0.2, 0.25) is 0 Å². The van der Waals surface area contributed by atoms with Crippen molar-refractivity contribution in [3.63, 3.8) is 0 Å². The van der Waals surface area contributed by atoms with Gasteiger partial charge in [0.05, 0.1) is 6.04 Å². The van der Waals surface area contributed by atoms with Crippen molar-refractivity contribution >= 4 is 46.4 Å². The largest absolute Gasteiger partial charge is 0.480 e. The maximum absolute atomic E-state index is 13.5. The highest BCUT2D eigenvalue weighted by Gasteiger charge is 2.38. The number of carboxylic acids is 1. The molecular formula is C27H40N6O5S. The van der Waals surface area contributed by atoms with Crippen molar-refractivity contribution in [1.29, 1.82) is 0 Å². The van der Waals surface area contributed by atoms with Gasteiger partial charge in [-0.05, 0) is 62.3 Å². The van der Waals surface area contributed by atoms with Gasteiger partial charge in [0.15, 0.2) is 0 Å². The van der Waals surface area contributed by atoms with Crippen LogP contribution in [0.1, 0.15) is 44.1 Å². The fraction of sp³-hybridized carbons (Fsp3) is 0.556. The predicted molar refractivity (Wildman–Crippen MR) is 152 cm³/mol. The Morgan fingerprint density at radius 2 is 1.92 bits per heavy atom. The summed E-state index contributed by atoms with van der Waals surface area (Å²) in [4.78, 5) is 56.3. The van der Waals surface area contributed by atoms with Crippen LogP contribution in [0.3, 0.4) is 0 Å². The lowest BCUT2D eigenvalue weighted by Crippen LogP contribution is -2.57. The van der Waals surface area contributed by atoms with E-state index in [1.807, 2.05) is 30.5 Å². The number of amides is 3.